The lowest BCUT2D eigenvalue weighted by Gasteiger charge is -2.54. The van der Waals surface area contributed by atoms with E-state index in [0.29, 0.717) is 25.9 Å². The summed E-state index contributed by atoms with van der Waals surface area (Å²) in [6, 6.07) is 9.75. The van der Waals surface area contributed by atoms with Gasteiger partial charge in [-0.1, -0.05) is 44.2 Å². The van der Waals surface area contributed by atoms with Crippen LogP contribution in [0, 0.1) is 0 Å². The van der Waals surface area contributed by atoms with Gasteiger partial charge in [-0.15, -0.1) is 0 Å². The van der Waals surface area contributed by atoms with Gasteiger partial charge >= 0.3 is 12.2 Å². The average Bonchev–Trinajstić information content (AvgIpc) is 2.75. The summed E-state index contributed by atoms with van der Waals surface area (Å²) in [5.41, 5.74) is 0.0777. The van der Waals surface area contributed by atoms with E-state index in [1.54, 1.807) is 0 Å². The molecule has 1 unspecified atom stereocenters. The van der Waals surface area contributed by atoms with Crippen molar-refractivity contribution in [2.45, 2.75) is 90.5 Å². The number of hydrogen-bond acceptors (Lipinski definition) is 6. The molecular formula is C25H41N3O5. The van der Waals surface area contributed by atoms with E-state index in [0.717, 1.165) is 18.4 Å². The Balaban J connectivity index is 2.14. The summed E-state index contributed by atoms with van der Waals surface area (Å²) in [7, 11) is 0. The van der Waals surface area contributed by atoms with Gasteiger partial charge in [-0.05, 0) is 46.1 Å². The molecule has 1 aliphatic heterocycles. The Morgan fingerprint density at radius 2 is 1.52 bits per heavy atom. The zero-order valence-corrected chi connectivity index (χ0v) is 21.0. The maximum atomic E-state index is 12.1. The first kappa shape index (κ1) is 26.9. The van der Waals surface area contributed by atoms with Crippen LogP contribution in [0.4, 0.5) is 9.59 Å². The van der Waals surface area contributed by atoms with Gasteiger partial charge < -0.3 is 20.1 Å². The fourth-order valence-corrected chi connectivity index (χ4v) is 4.37. The molecule has 1 aromatic rings. The maximum absolute atomic E-state index is 12.1. The first-order valence-electron chi connectivity index (χ1n) is 12.0. The Kier molecular flexibility index (Phi) is 9.98. The second-order valence-electron chi connectivity index (χ2n) is 9.81. The van der Waals surface area contributed by atoms with Crippen LogP contribution in [0.25, 0.3) is 0 Å². The molecule has 0 aromatic heterocycles. The Morgan fingerprint density at radius 3 is 2.06 bits per heavy atom. The van der Waals surface area contributed by atoms with Crippen molar-refractivity contribution >= 4 is 12.2 Å². The summed E-state index contributed by atoms with van der Waals surface area (Å²) in [4.78, 5) is 30.7. The van der Waals surface area contributed by atoms with Crippen LogP contribution in [0.1, 0.15) is 78.9 Å². The van der Waals surface area contributed by atoms with E-state index in [2.05, 4.69) is 38.3 Å². The minimum Gasteiger partial charge on any atom is -0.446 e. The van der Waals surface area contributed by atoms with Gasteiger partial charge in [0.2, 0.25) is 0 Å². The second kappa shape index (κ2) is 12.2. The van der Waals surface area contributed by atoms with Gasteiger partial charge in [0.25, 0.3) is 0 Å². The van der Waals surface area contributed by atoms with Crippen molar-refractivity contribution in [2.75, 3.05) is 19.7 Å². The summed E-state index contributed by atoms with van der Waals surface area (Å²) < 4.78 is 11.2. The van der Waals surface area contributed by atoms with Crippen molar-refractivity contribution < 1.29 is 23.9 Å². The van der Waals surface area contributed by atoms with Gasteiger partial charge in [0, 0.05) is 37.0 Å². The van der Waals surface area contributed by atoms with E-state index in [-0.39, 0.29) is 18.8 Å². The number of amides is 2. The molecule has 0 spiro atoms. The monoisotopic (exact) mass is 463 g/mol. The SMILES string of the molecule is CCCNC(=O)OCC(ON1C(C)(C)CC(OC(=O)NCCC)CC1(C)C)c1ccccc1. The fourth-order valence-electron chi connectivity index (χ4n) is 4.37. The van der Waals surface area contributed by atoms with E-state index in [1.807, 2.05) is 49.2 Å². The van der Waals surface area contributed by atoms with Gasteiger partial charge in [0.05, 0.1) is 0 Å². The van der Waals surface area contributed by atoms with E-state index >= 15 is 0 Å². The Morgan fingerprint density at radius 1 is 0.970 bits per heavy atom. The second-order valence-corrected chi connectivity index (χ2v) is 9.81. The molecule has 2 N–H and O–H groups in total. The number of carbonyl (C=O) groups excluding carboxylic acids is 2. The molecule has 33 heavy (non-hydrogen) atoms. The predicted molar refractivity (Wildman–Crippen MR) is 128 cm³/mol. The minimum absolute atomic E-state index is 0.0849. The first-order valence-corrected chi connectivity index (χ1v) is 12.0. The molecule has 1 atom stereocenters. The molecule has 0 saturated carbocycles. The van der Waals surface area contributed by atoms with Crippen molar-refractivity contribution in [3.8, 4) is 0 Å². The average molecular weight is 464 g/mol. The summed E-state index contributed by atoms with van der Waals surface area (Å²) >= 11 is 0. The summed E-state index contributed by atoms with van der Waals surface area (Å²) in [6.45, 7) is 13.5. The van der Waals surface area contributed by atoms with Gasteiger partial charge in [-0.3, -0.25) is 4.84 Å². The minimum atomic E-state index is -0.470. The third kappa shape index (κ3) is 8.19. The predicted octanol–water partition coefficient (Wildman–Crippen LogP) is 4.95. The number of alkyl carbamates (subject to hydrolysis) is 2. The summed E-state index contributed by atoms with van der Waals surface area (Å²) in [5.74, 6) is 0. The van der Waals surface area contributed by atoms with Crippen molar-refractivity contribution in [3.05, 3.63) is 35.9 Å². The third-order valence-electron chi connectivity index (χ3n) is 5.64. The number of nitrogens with zero attached hydrogens (tertiary/aromatic N) is 1. The summed E-state index contributed by atoms with van der Waals surface area (Å²) in [6.07, 6.45) is 1.41. The highest BCUT2D eigenvalue weighted by molar-refractivity contribution is 5.67. The number of rotatable bonds is 10. The highest BCUT2D eigenvalue weighted by Crippen LogP contribution is 2.41. The quantitative estimate of drug-likeness (QED) is 0.510. The molecule has 1 fully saturated rings. The lowest BCUT2D eigenvalue weighted by molar-refractivity contribution is -0.319. The van der Waals surface area contributed by atoms with Crippen LogP contribution in [-0.2, 0) is 14.3 Å². The Hall–Kier alpha value is -2.32. The molecule has 1 aromatic carbocycles. The third-order valence-corrected chi connectivity index (χ3v) is 5.64. The van der Waals surface area contributed by atoms with E-state index in [1.165, 1.54) is 0 Å². The van der Waals surface area contributed by atoms with E-state index < -0.39 is 23.3 Å². The number of ether oxygens (including phenoxy) is 2. The molecule has 2 amide bonds. The lowest BCUT2D eigenvalue weighted by atomic mass is 9.80. The Labute approximate surface area is 198 Å². The van der Waals surface area contributed by atoms with Crippen LogP contribution in [0.3, 0.4) is 0 Å². The van der Waals surface area contributed by atoms with Crippen molar-refractivity contribution in [1.82, 2.24) is 15.7 Å². The fraction of sp³-hybridized carbons (Fsp3) is 0.680. The molecule has 0 aliphatic carbocycles. The molecule has 0 bridgehead atoms. The largest absolute Gasteiger partial charge is 0.446 e. The number of nitrogens with one attached hydrogen (secondary N) is 2. The molecule has 8 nitrogen and oxygen atoms in total. The highest BCUT2D eigenvalue weighted by Gasteiger charge is 2.48. The first-order chi connectivity index (χ1) is 15.6. The van der Waals surface area contributed by atoms with Crippen LogP contribution in [0.5, 0.6) is 0 Å². The number of hydrogen-bond donors (Lipinski definition) is 2. The van der Waals surface area contributed by atoms with Gasteiger partial charge in [-0.2, -0.15) is 5.06 Å². The maximum Gasteiger partial charge on any atom is 0.407 e. The molecule has 1 saturated heterocycles. The molecule has 186 valence electrons. The standard InChI is InChI=1S/C25H41N3O5/c1-7-14-26-22(29)31-18-21(19-12-10-9-11-13-19)33-28-24(3,4)16-20(17-25(28,5)6)32-23(30)27-15-8-2/h9-13,20-21H,7-8,14-18H2,1-6H3,(H,26,29)(H,27,30). The number of benzene rings is 1. The van der Waals surface area contributed by atoms with E-state index in [9.17, 15) is 9.59 Å². The van der Waals surface area contributed by atoms with Crippen LogP contribution in [-0.4, -0.2) is 54.1 Å². The van der Waals surface area contributed by atoms with Crippen molar-refractivity contribution in [2.24, 2.45) is 0 Å². The van der Waals surface area contributed by atoms with Crippen LogP contribution < -0.4 is 10.6 Å². The van der Waals surface area contributed by atoms with Crippen molar-refractivity contribution in [1.29, 1.82) is 0 Å². The van der Waals surface area contributed by atoms with Gasteiger partial charge in [-0.25, -0.2) is 9.59 Å². The summed E-state index contributed by atoms with van der Waals surface area (Å²) in [5, 5.41) is 7.49. The molecule has 2 rings (SSSR count). The number of carbonyl (C=O) groups is 2. The van der Waals surface area contributed by atoms with Gasteiger partial charge in [0.15, 0.2) is 0 Å². The highest BCUT2D eigenvalue weighted by atomic mass is 16.7. The van der Waals surface area contributed by atoms with Crippen LogP contribution in [0.15, 0.2) is 30.3 Å². The normalized spacial score (nSPS) is 18.8. The molecule has 1 aliphatic rings. The van der Waals surface area contributed by atoms with Crippen LogP contribution in [0.2, 0.25) is 0 Å². The van der Waals surface area contributed by atoms with Crippen LogP contribution >= 0.6 is 0 Å². The zero-order chi connectivity index (χ0) is 24.5. The Bertz CT molecular complexity index is 736. The number of hydroxylamine groups is 2. The topological polar surface area (TPSA) is 89.1 Å². The van der Waals surface area contributed by atoms with E-state index in [4.69, 9.17) is 14.3 Å². The lowest BCUT2D eigenvalue weighted by Crippen LogP contribution is -2.62. The molecule has 8 heteroatoms. The molecule has 0 radical (unpaired) electrons. The zero-order valence-electron chi connectivity index (χ0n) is 21.0. The van der Waals surface area contributed by atoms with Gasteiger partial charge in [0.1, 0.15) is 18.8 Å². The smallest absolute Gasteiger partial charge is 0.407 e. The molecule has 1 heterocycles. The molecular weight excluding hydrogens is 422 g/mol. The number of piperidine rings is 1. The van der Waals surface area contributed by atoms with Crippen molar-refractivity contribution in [3.63, 3.8) is 0 Å².